The molecule has 0 N–H and O–H groups in total. The molecule has 29 heavy (non-hydrogen) atoms. The molecule has 0 radical (unpaired) electrons. The van der Waals surface area contributed by atoms with E-state index in [0.717, 1.165) is 43.3 Å². The fraction of sp³-hybridized carbons (Fsp3) is 0.182. The van der Waals surface area contributed by atoms with Gasteiger partial charge in [-0.1, -0.05) is 6.07 Å². The van der Waals surface area contributed by atoms with Crippen LogP contribution in [0.3, 0.4) is 0 Å². The summed E-state index contributed by atoms with van der Waals surface area (Å²) < 4.78 is 2.06. The zero-order valence-electron chi connectivity index (χ0n) is 16.6. The largest absolute Gasteiger partial charge is 0.333 e. The van der Waals surface area contributed by atoms with Crippen LogP contribution in [0.2, 0.25) is 0 Å². The highest BCUT2D eigenvalue weighted by Crippen LogP contribution is 2.26. The molecule has 1 aliphatic rings. The molecule has 0 aliphatic carbocycles. The standard InChI is InChI=1S/C22H20N4O3/c1-13-10-16(12-18-20(27)24(3)22(29)25(4)21(18)28)14(2)26(13)17-7-8-19-15(11-17)6-5-9-23-19/h5-12H,1-4H3. The number of hydrogen-bond donors (Lipinski definition) is 0. The number of benzene rings is 1. The van der Waals surface area contributed by atoms with Crippen LogP contribution in [0.4, 0.5) is 4.79 Å². The molecule has 7 heteroatoms. The summed E-state index contributed by atoms with van der Waals surface area (Å²) >= 11 is 0. The van der Waals surface area contributed by atoms with Crippen molar-refractivity contribution >= 4 is 34.8 Å². The fourth-order valence-electron chi connectivity index (χ4n) is 3.66. The van der Waals surface area contributed by atoms with Crippen molar-refractivity contribution in [3.05, 3.63) is 65.1 Å². The highest BCUT2D eigenvalue weighted by molar-refractivity contribution is 6.30. The number of fused-ring (bicyclic) bond motifs is 1. The van der Waals surface area contributed by atoms with Gasteiger partial charge in [0.25, 0.3) is 11.8 Å². The first-order valence-corrected chi connectivity index (χ1v) is 9.15. The summed E-state index contributed by atoms with van der Waals surface area (Å²) in [5.41, 5.74) is 4.46. The van der Waals surface area contributed by atoms with Crippen molar-refractivity contribution in [2.45, 2.75) is 13.8 Å². The van der Waals surface area contributed by atoms with E-state index < -0.39 is 17.8 Å². The average molecular weight is 388 g/mol. The van der Waals surface area contributed by atoms with Crippen LogP contribution in [0.1, 0.15) is 17.0 Å². The Kier molecular flexibility index (Phi) is 4.30. The Bertz CT molecular complexity index is 1200. The number of rotatable bonds is 2. The van der Waals surface area contributed by atoms with Gasteiger partial charge in [0, 0.05) is 42.8 Å². The second-order valence-corrected chi connectivity index (χ2v) is 7.11. The molecule has 4 amide bonds. The quantitative estimate of drug-likeness (QED) is 0.499. The first-order chi connectivity index (χ1) is 13.8. The number of likely N-dealkylation sites (N-methyl/N-ethyl adjacent to an activating group) is 2. The normalized spacial score (nSPS) is 14.9. The maximum Gasteiger partial charge on any atom is 0.333 e. The van der Waals surface area contributed by atoms with Crippen LogP contribution in [0, 0.1) is 13.8 Å². The monoisotopic (exact) mass is 388 g/mol. The van der Waals surface area contributed by atoms with Gasteiger partial charge in [-0.2, -0.15) is 0 Å². The second kappa shape index (κ2) is 6.70. The summed E-state index contributed by atoms with van der Waals surface area (Å²) in [6, 6.07) is 11.2. The lowest BCUT2D eigenvalue weighted by molar-refractivity contribution is -0.134. The SMILES string of the molecule is Cc1cc(C=C2C(=O)N(C)C(=O)N(C)C2=O)c(C)n1-c1ccc2ncccc2c1. The van der Waals surface area contributed by atoms with Crippen molar-refractivity contribution in [3.63, 3.8) is 0 Å². The van der Waals surface area contributed by atoms with Gasteiger partial charge in [-0.25, -0.2) is 4.79 Å². The highest BCUT2D eigenvalue weighted by Gasteiger charge is 2.38. The van der Waals surface area contributed by atoms with Gasteiger partial charge < -0.3 is 4.57 Å². The van der Waals surface area contributed by atoms with Crippen LogP contribution in [0.15, 0.2) is 48.2 Å². The minimum Gasteiger partial charge on any atom is -0.318 e. The van der Waals surface area contributed by atoms with Gasteiger partial charge in [0.2, 0.25) is 0 Å². The molecule has 0 unspecified atom stereocenters. The molecule has 1 saturated heterocycles. The van der Waals surface area contributed by atoms with Gasteiger partial charge in [0.15, 0.2) is 0 Å². The number of imide groups is 2. The van der Waals surface area contributed by atoms with E-state index >= 15 is 0 Å². The van der Waals surface area contributed by atoms with Crippen molar-refractivity contribution in [1.29, 1.82) is 0 Å². The predicted molar refractivity (Wildman–Crippen MR) is 109 cm³/mol. The average Bonchev–Trinajstić information content (AvgIpc) is 3.00. The molecule has 0 saturated carbocycles. The molecule has 146 valence electrons. The molecule has 4 rings (SSSR count). The fourth-order valence-corrected chi connectivity index (χ4v) is 3.66. The third-order valence-corrected chi connectivity index (χ3v) is 5.26. The van der Waals surface area contributed by atoms with Gasteiger partial charge >= 0.3 is 6.03 Å². The van der Waals surface area contributed by atoms with Gasteiger partial charge in [-0.05, 0) is 55.8 Å². The van der Waals surface area contributed by atoms with E-state index in [-0.39, 0.29) is 5.57 Å². The molecule has 0 atom stereocenters. The Labute approximate surface area is 167 Å². The molecular formula is C22H20N4O3. The van der Waals surface area contributed by atoms with E-state index in [1.54, 1.807) is 12.3 Å². The number of aromatic nitrogens is 2. The second-order valence-electron chi connectivity index (χ2n) is 7.11. The summed E-state index contributed by atoms with van der Waals surface area (Å²) in [7, 11) is 2.74. The maximum absolute atomic E-state index is 12.5. The van der Waals surface area contributed by atoms with Crippen LogP contribution in [0.5, 0.6) is 0 Å². The van der Waals surface area contributed by atoms with E-state index in [9.17, 15) is 14.4 Å². The lowest BCUT2D eigenvalue weighted by Gasteiger charge is -2.28. The molecule has 0 spiro atoms. The molecule has 2 aromatic heterocycles. The number of carbonyl (C=O) groups is 3. The molecule has 3 heterocycles. The molecule has 3 aromatic rings. The first kappa shape index (κ1) is 18.6. The molecule has 1 aliphatic heterocycles. The number of carbonyl (C=O) groups excluding carboxylic acids is 3. The van der Waals surface area contributed by atoms with Gasteiger partial charge in [-0.15, -0.1) is 0 Å². The summed E-state index contributed by atoms with van der Waals surface area (Å²) in [5.74, 6) is -1.20. The summed E-state index contributed by atoms with van der Waals surface area (Å²) in [6.07, 6.45) is 3.32. The van der Waals surface area contributed by atoms with Crippen molar-refractivity contribution in [3.8, 4) is 5.69 Å². The number of aryl methyl sites for hydroxylation is 1. The first-order valence-electron chi connectivity index (χ1n) is 9.15. The van der Waals surface area contributed by atoms with E-state index in [2.05, 4.69) is 15.6 Å². The van der Waals surface area contributed by atoms with Crippen molar-refractivity contribution in [2.75, 3.05) is 14.1 Å². The van der Waals surface area contributed by atoms with E-state index in [1.165, 1.54) is 14.1 Å². The number of amides is 4. The van der Waals surface area contributed by atoms with Crippen molar-refractivity contribution in [1.82, 2.24) is 19.4 Å². The number of nitrogens with zero attached hydrogens (tertiary/aromatic N) is 4. The Morgan fingerprint density at radius 2 is 1.62 bits per heavy atom. The van der Waals surface area contributed by atoms with Crippen LogP contribution in [-0.4, -0.2) is 51.3 Å². The Hall–Kier alpha value is -3.74. The third kappa shape index (κ3) is 2.91. The lowest BCUT2D eigenvalue weighted by atomic mass is 10.1. The van der Waals surface area contributed by atoms with E-state index in [1.807, 2.05) is 44.2 Å². The van der Waals surface area contributed by atoms with Gasteiger partial charge in [-0.3, -0.25) is 24.4 Å². The highest BCUT2D eigenvalue weighted by atomic mass is 16.2. The van der Waals surface area contributed by atoms with E-state index in [4.69, 9.17) is 0 Å². The molecule has 7 nitrogen and oxygen atoms in total. The zero-order chi connectivity index (χ0) is 20.9. The number of pyridine rings is 1. The smallest absolute Gasteiger partial charge is 0.318 e. The summed E-state index contributed by atoms with van der Waals surface area (Å²) in [5, 5.41) is 1.02. The van der Waals surface area contributed by atoms with Gasteiger partial charge in [0.05, 0.1) is 5.52 Å². The molecule has 1 aromatic carbocycles. The maximum atomic E-state index is 12.5. The van der Waals surface area contributed by atoms with Gasteiger partial charge in [0.1, 0.15) is 5.57 Å². The summed E-state index contributed by atoms with van der Waals surface area (Å²) in [4.78, 5) is 43.2. The minimum absolute atomic E-state index is 0.0300. The minimum atomic E-state index is -0.632. The molecule has 1 fully saturated rings. The van der Waals surface area contributed by atoms with Crippen molar-refractivity contribution in [2.24, 2.45) is 0 Å². The number of barbiturate groups is 1. The zero-order valence-corrected chi connectivity index (χ0v) is 16.6. The lowest BCUT2D eigenvalue weighted by Crippen LogP contribution is -2.52. The van der Waals surface area contributed by atoms with Crippen LogP contribution < -0.4 is 0 Å². The molecule has 0 bridgehead atoms. The topological polar surface area (TPSA) is 75.5 Å². The van der Waals surface area contributed by atoms with Crippen LogP contribution >= 0.6 is 0 Å². The third-order valence-electron chi connectivity index (χ3n) is 5.26. The number of hydrogen-bond acceptors (Lipinski definition) is 4. The molecular weight excluding hydrogens is 368 g/mol. The Morgan fingerprint density at radius 1 is 0.931 bits per heavy atom. The van der Waals surface area contributed by atoms with Crippen LogP contribution in [-0.2, 0) is 9.59 Å². The Balaban J connectivity index is 1.81. The Morgan fingerprint density at radius 3 is 2.31 bits per heavy atom. The predicted octanol–water partition coefficient (Wildman–Crippen LogP) is 3.08. The van der Waals surface area contributed by atoms with Crippen LogP contribution in [0.25, 0.3) is 22.7 Å². The summed E-state index contributed by atoms with van der Waals surface area (Å²) in [6.45, 7) is 3.90. The van der Waals surface area contributed by atoms with E-state index in [0.29, 0.717) is 0 Å². The number of urea groups is 1. The van der Waals surface area contributed by atoms with Crippen molar-refractivity contribution < 1.29 is 14.4 Å².